The van der Waals surface area contributed by atoms with Gasteiger partial charge >= 0.3 is 7.12 Å². The van der Waals surface area contributed by atoms with E-state index in [2.05, 4.69) is 9.69 Å². The monoisotopic (exact) mass is 182 g/mol. The zero-order valence-corrected chi connectivity index (χ0v) is 7.56. The summed E-state index contributed by atoms with van der Waals surface area (Å²) in [5.41, 5.74) is 0.584. The minimum atomic E-state index is -1.08. The Hall–Kier alpha value is -1.04. The van der Waals surface area contributed by atoms with Gasteiger partial charge < -0.3 is 9.76 Å². The van der Waals surface area contributed by atoms with E-state index >= 15 is 0 Å². The van der Waals surface area contributed by atoms with Gasteiger partial charge in [-0.15, -0.1) is 0 Å². The molecule has 0 aliphatic carbocycles. The maximum absolute atomic E-state index is 9.34. The molecule has 0 atom stereocenters. The van der Waals surface area contributed by atoms with E-state index in [1.54, 1.807) is 31.4 Å². The van der Waals surface area contributed by atoms with Crippen LogP contribution in [0.3, 0.4) is 0 Å². The Kier molecular flexibility index (Phi) is 3.76. The van der Waals surface area contributed by atoms with Gasteiger partial charge in [-0.2, -0.15) is 0 Å². The van der Waals surface area contributed by atoms with E-state index < -0.39 is 7.12 Å². The Labute approximate surface area is 77.1 Å². The maximum atomic E-state index is 9.34. The quantitative estimate of drug-likeness (QED) is 0.403. The third-order valence-corrected chi connectivity index (χ3v) is 1.57. The first-order valence-electron chi connectivity index (χ1n) is 3.79. The lowest BCUT2D eigenvalue weighted by atomic mass is 9.80. The van der Waals surface area contributed by atoms with E-state index in [1.165, 1.54) is 7.11 Å². The molecule has 1 rings (SSSR count). The summed E-state index contributed by atoms with van der Waals surface area (Å²) in [7, 11) is 1.81. The number of methoxy groups -OCH3 is 1. The van der Waals surface area contributed by atoms with Crippen molar-refractivity contribution in [2.45, 2.75) is 0 Å². The molecule has 0 bridgehead atoms. The number of hydrogen-bond donors (Lipinski definition) is 1. The van der Waals surface area contributed by atoms with Gasteiger partial charge in [0.15, 0.2) is 0 Å². The van der Waals surface area contributed by atoms with Crippen molar-refractivity contribution in [3.05, 3.63) is 24.3 Å². The Morgan fingerprint density at radius 2 is 2.08 bits per heavy atom. The van der Waals surface area contributed by atoms with Crippen molar-refractivity contribution >= 4 is 12.6 Å². The number of ether oxygens (including phenoxy) is 1. The fourth-order valence-corrected chi connectivity index (χ4v) is 0.942. The van der Waals surface area contributed by atoms with Crippen LogP contribution >= 0.6 is 0 Å². The molecule has 0 fully saturated rings. The van der Waals surface area contributed by atoms with E-state index in [-0.39, 0.29) is 0 Å². The average molecular weight is 182 g/mol. The minimum absolute atomic E-state index is 0.584. The molecule has 13 heavy (non-hydrogen) atoms. The maximum Gasteiger partial charge on any atom is 0.523 e. The van der Waals surface area contributed by atoms with E-state index in [1.807, 2.05) is 0 Å². The zero-order chi connectivity index (χ0) is 9.68. The van der Waals surface area contributed by atoms with Gasteiger partial charge in [0.25, 0.3) is 0 Å². The largest absolute Gasteiger partial charge is 0.523 e. The summed E-state index contributed by atoms with van der Waals surface area (Å²) < 4.78 is 4.98. The normalized spacial score (nSPS) is 9.77. The Balaban J connectivity index is 2.75. The molecule has 0 spiro atoms. The van der Waals surface area contributed by atoms with E-state index in [0.717, 1.165) is 0 Å². The fraction of sp³-hybridized carbons (Fsp3) is 0.250. The van der Waals surface area contributed by atoms with Crippen LogP contribution in [0.4, 0.5) is 0 Å². The van der Waals surface area contributed by atoms with Gasteiger partial charge in [0.1, 0.15) is 5.75 Å². The highest BCUT2D eigenvalue weighted by atomic mass is 17.2. The first-order chi connectivity index (χ1) is 6.27. The van der Waals surface area contributed by atoms with Gasteiger partial charge in [-0.25, -0.2) is 0 Å². The van der Waals surface area contributed by atoms with Gasteiger partial charge in [0.2, 0.25) is 0 Å². The summed E-state index contributed by atoms with van der Waals surface area (Å²) in [5, 5.41) is 9.34. The van der Waals surface area contributed by atoms with Crippen molar-refractivity contribution in [3.63, 3.8) is 0 Å². The van der Waals surface area contributed by atoms with E-state index in [4.69, 9.17) is 4.74 Å². The van der Waals surface area contributed by atoms with Crippen LogP contribution in [0.5, 0.6) is 5.75 Å². The lowest BCUT2D eigenvalue weighted by molar-refractivity contribution is -0.193. The highest BCUT2D eigenvalue weighted by molar-refractivity contribution is 6.59. The van der Waals surface area contributed by atoms with Crippen molar-refractivity contribution in [3.8, 4) is 5.75 Å². The van der Waals surface area contributed by atoms with Crippen LogP contribution < -0.4 is 10.2 Å². The molecule has 70 valence electrons. The van der Waals surface area contributed by atoms with Crippen LogP contribution in [0.1, 0.15) is 0 Å². The topological polar surface area (TPSA) is 47.9 Å². The van der Waals surface area contributed by atoms with Crippen molar-refractivity contribution in [2.75, 3.05) is 14.2 Å². The summed E-state index contributed by atoms with van der Waals surface area (Å²) in [5.74, 6) is 0.663. The van der Waals surface area contributed by atoms with Gasteiger partial charge in [0.05, 0.1) is 14.2 Å². The van der Waals surface area contributed by atoms with Crippen LogP contribution in [-0.2, 0) is 9.69 Å². The molecule has 0 unspecified atom stereocenters. The first-order valence-corrected chi connectivity index (χ1v) is 3.79. The lowest BCUT2D eigenvalue weighted by Gasteiger charge is -2.06. The highest BCUT2D eigenvalue weighted by Crippen LogP contribution is 2.06. The molecule has 0 saturated heterocycles. The predicted octanol–water partition coefficient (Wildman–Crippen LogP) is -0.0393. The van der Waals surface area contributed by atoms with Crippen LogP contribution in [0.2, 0.25) is 0 Å². The summed E-state index contributed by atoms with van der Waals surface area (Å²) >= 11 is 0. The number of benzene rings is 1. The van der Waals surface area contributed by atoms with Crippen molar-refractivity contribution in [2.24, 2.45) is 0 Å². The van der Waals surface area contributed by atoms with Crippen molar-refractivity contribution < 1.29 is 19.5 Å². The molecule has 0 saturated carbocycles. The molecule has 1 aromatic carbocycles. The molecular formula is C8H11BO4. The van der Waals surface area contributed by atoms with Gasteiger partial charge in [-0.1, -0.05) is 12.1 Å². The standard InChI is InChI=1S/C8H11BO4/c1-11-8-5-3-4-7(6-8)9(10)13-12-2/h3-6,10H,1-2H3. The van der Waals surface area contributed by atoms with E-state index in [9.17, 15) is 5.02 Å². The van der Waals surface area contributed by atoms with Crippen LogP contribution in [0.25, 0.3) is 0 Å². The number of hydrogen-bond acceptors (Lipinski definition) is 4. The summed E-state index contributed by atoms with van der Waals surface area (Å²) in [6, 6.07) is 6.93. The van der Waals surface area contributed by atoms with Gasteiger partial charge in [-0.05, 0) is 17.6 Å². The molecule has 4 nitrogen and oxygen atoms in total. The summed E-state index contributed by atoms with van der Waals surface area (Å²) in [6.45, 7) is 0. The van der Waals surface area contributed by atoms with E-state index in [0.29, 0.717) is 11.2 Å². The molecule has 0 amide bonds. The number of rotatable bonds is 4. The van der Waals surface area contributed by atoms with Crippen LogP contribution in [0, 0.1) is 0 Å². The third kappa shape index (κ3) is 2.73. The highest BCUT2D eigenvalue weighted by Gasteiger charge is 2.17. The minimum Gasteiger partial charge on any atom is -0.497 e. The zero-order valence-electron chi connectivity index (χ0n) is 7.56. The first kappa shape index (κ1) is 10.0. The van der Waals surface area contributed by atoms with Gasteiger partial charge in [-0.3, -0.25) is 9.69 Å². The molecule has 0 aromatic heterocycles. The lowest BCUT2D eigenvalue weighted by Crippen LogP contribution is -2.33. The summed E-state index contributed by atoms with van der Waals surface area (Å²) in [6.07, 6.45) is 0. The second-order valence-electron chi connectivity index (χ2n) is 2.39. The molecule has 0 aliphatic heterocycles. The molecule has 5 heteroatoms. The SMILES string of the molecule is COOB(O)c1cccc(OC)c1. The molecule has 1 aromatic rings. The Bertz CT molecular complexity index is 266. The molecule has 1 N–H and O–H groups in total. The smallest absolute Gasteiger partial charge is 0.497 e. The van der Waals surface area contributed by atoms with Crippen LogP contribution in [0.15, 0.2) is 24.3 Å². The molecular weight excluding hydrogens is 171 g/mol. The van der Waals surface area contributed by atoms with Crippen LogP contribution in [-0.4, -0.2) is 26.4 Å². The average Bonchev–Trinajstić information content (AvgIpc) is 2.18. The second-order valence-corrected chi connectivity index (χ2v) is 2.39. The molecule has 0 radical (unpaired) electrons. The Morgan fingerprint density at radius 1 is 1.31 bits per heavy atom. The third-order valence-electron chi connectivity index (χ3n) is 1.57. The molecule has 0 aliphatic rings. The van der Waals surface area contributed by atoms with Crippen molar-refractivity contribution in [1.29, 1.82) is 0 Å². The van der Waals surface area contributed by atoms with Gasteiger partial charge in [0, 0.05) is 0 Å². The Morgan fingerprint density at radius 3 is 2.69 bits per heavy atom. The fourth-order valence-electron chi connectivity index (χ4n) is 0.942. The second kappa shape index (κ2) is 4.86. The molecule has 0 heterocycles. The van der Waals surface area contributed by atoms with Crippen molar-refractivity contribution in [1.82, 2.24) is 0 Å². The summed E-state index contributed by atoms with van der Waals surface area (Å²) in [4.78, 5) is 8.87. The predicted molar refractivity (Wildman–Crippen MR) is 48.7 cm³/mol.